The number of benzene rings is 1. The van der Waals surface area contributed by atoms with Crippen LogP contribution >= 0.6 is 15.9 Å². The molecule has 0 bridgehead atoms. The van der Waals surface area contributed by atoms with Crippen molar-refractivity contribution in [1.29, 1.82) is 0 Å². The Morgan fingerprint density at radius 3 is 2.38 bits per heavy atom. The van der Waals surface area contributed by atoms with Gasteiger partial charge in [-0.1, -0.05) is 26.8 Å². The van der Waals surface area contributed by atoms with Gasteiger partial charge in [0.15, 0.2) is 0 Å². The second kappa shape index (κ2) is 5.69. The van der Waals surface area contributed by atoms with E-state index in [4.69, 9.17) is 10.5 Å². The fourth-order valence-corrected chi connectivity index (χ4v) is 2.33. The molecule has 16 heavy (non-hydrogen) atoms. The van der Waals surface area contributed by atoms with Crippen LogP contribution in [-0.2, 0) is 0 Å². The highest BCUT2D eigenvalue weighted by Crippen LogP contribution is 2.36. The number of nitrogens with two attached hydrogens (primary N) is 1. The normalized spacial score (nSPS) is 12.9. The molecule has 1 aromatic rings. The topological polar surface area (TPSA) is 35.2 Å². The average molecular weight is 286 g/mol. The van der Waals surface area contributed by atoms with Crippen LogP contribution in [0.2, 0.25) is 0 Å². The maximum absolute atomic E-state index is 5.73. The maximum Gasteiger partial charge on any atom is 0.136 e. The number of methoxy groups -OCH3 is 1. The highest BCUT2D eigenvalue weighted by molar-refractivity contribution is 9.10. The minimum absolute atomic E-state index is 0.310. The lowest BCUT2D eigenvalue weighted by Gasteiger charge is -2.18. The molecule has 0 aliphatic heterocycles. The van der Waals surface area contributed by atoms with Crippen molar-refractivity contribution in [2.24, 2.45) is 5.73 Å². The zero-order valence-electron chi connectivity index (χ0n) is 10.4. The lowest BCUT2D eigenvalue weighted by atomic mass is 9.94. The Kier molecular flexibility index (Phi) is 4.81. The number of hydrogen-bond donors (Lipinski definition) is 1. The molecule has 1 rings (SSSR count). The minimum Gasteiger partial charge on any atom is -0.495 e. The Bertz CT molecular complexity index is 363. The Labute approximate surface area is 106 Å². The Morgan fingerprint density at radius 1 is 1.31 bits per heavy atom. The summed E-state index contributed by atoms with van der Waals surface area (Å²) in [4.78, 5) is 0. The van der Waals surface area contributed by atoms with Crippen LogP contribution in [0.15, 0.2) is 16.6 Å². The molecule has 0 aliphatic rings. The van der Waals surface area contributed by atoms with Gasteiger partial charge in [0.2, 0.25) is 0 Å². The van der Waals surface area contributed by atoms with Crippen molar-refractivity contribution < 1.29 is 4.74 Å². The molecular weight excluding hydrogens is 266 g/mol. The zero-order chi connectivity index (χ0) is 12.3. The summed E-state index contributed by atoms with van der Waals surface area (Å²) >= 11 is 3.56. The van der Waals surface area contributed by atoms with Gasteiger partial charge < -0.3 is 10.5 Å². The molecule has 0 heterocycles. The monoisotopic (exact) mass is 285 g/mol. The third-order valence-electron chi connectivity index (χ3n) is 2.85. The summed E-state index contributed by atoms with van der Waals surface area (Å²) < 4.78 is 6.44. The van der Waals surface area contributed by atoms with Gasteiger partial charge in [-0.3, -0.25) is 0 Å². The molecular formula is C13H20BrNO. The second-order valence-electron chi connectivity index (χ2n) is 4.42. The van der Waals surface area contributed by atoms with Gasteiger partial charge in [0, 0.05) is 0 Å². The number of hydrogen-bond acceptors (Lipinski definition) is 2. The van der Waals surface area contributed by atoms with E-state index in [-0.39, 0.29) is 0 Å². The summed E-state index contributed by atoms with van der Waals surface area (Å²) in [6.45, 7) is 7.12. The SMILES string of the molecule is COc1c(Br)cc(C(C)C)cc1C(C)CN. The summed E-state index contributed by atoms with van der Waals surface area (Å²) in [6.07, 6.45) is 0. The van der Waals surface area contributed by atoms with Crippen molar-refractivity contribution in [3.63, 3.8) is 0 Å². The van der Waals surface area contributed by atoms with Gasteiger partial charge in [-0.25, -0.2) is 0 Å². The van der Waals surface area contributed by atoms with E-state index < -0.39 is 0 Å². The molecule has 0 aromatic heterocycles. The number of rotatable bonds is 4. The Morgan fingerprint density at radius 2 is 1.94 bits per heavy atom. The molecule has 1 unspecified atom stereocenters. The first-order valence-corrected chi connectivity index (χ1v) is 6.37. The first-order chi connectivity index (χ1) is 7.51. The molecule has 0 amide bonds. The fraction of sp³-hybridized carbons (Fsp3) is 0.538. The van der Waals surface area contributed by atoms with E-state index >= 15 is 0 Å². The predicted molar refractivity (Wildman–Crippen MR) is 72.3 cm³/mol. The van der Waals surface area contributed by atoms with Gasteiger partial charge in [-0.05, 0) is 51.5 Å². The zero-order valence-corrected chi connectivity index (χ0v) is 12.0. The maximum atomic E-state index is 5.73. The van der Waals surface area contributed by atoms with E-state index in [0.29, 0.717) is 18.4 Å². The van der Waals surface area contributed by atoms with Crippen LogP contribution in [0.4, 0.5) is 0 Å². The minimum atomic E-state index is 0.310. The van der Waals surface area contributed by atoms with Gasteiger partial charge in [0.05, 0.1) is 11.6 Å². The van der Waals surface area contributed by atoms with Gasteiger partial charge >= 0.3 is 0 Å². The molecule has 0 fully saturated rings. The molecule has 2 N–H and O–H groups in total. The van der Waals surface area contributed by atoms with E-state index in [1.165, 1.54) is 11.1 Å². The molecule has 0 radical (unpaired) electrons. The largest absolute Gasteiger partial charge is 0.495 e. The average Bonchev–Trinajstić information content (AvgIpc) is 2.26. The van der Waals surface area contributed by atoms with Crippen LogP contribution in [0.3, 0.4) is 0 Å². The fourth-order valence-electron chi connectivity index (χ4n) is 1.68. The Balaban J connectivity index is 3.30. The predicted octanol–water partition coefficient (Wildman–Crippen LogP) is 3.64. The van der Waals surface area contributed by atoms with Gasteiger partial charge in [0.25, 0.3) is 0 Å². The van der Waals surface area contributed by atoms with Crippen LogP contribution in [-0.4, -0.2) is 13.7 Å². The summed E-state index contributed by atoms with van der Waals surface area (Å²) in [5.41, 5.74) is 8.22. The highest BCUT2D eigenvalue weighted by Gasteiger charge is 2.15. The molecule has 0 aliphatic carbocycles. The molecule has 0 saturated heterocycles. The molecule has 90 valence electrons. The van der Waals surface area contributed by atoms with Crippen LogP contribution < -0.4 is 10.5 Å². The lowest BCUT2D eigenvalue weighted by Crippen LogP contribution is -2.11. The van der Waals surface area contributed by atoms with E-state index in [0.717, 1.165) is 10.2 Å². The third-order valence-corrected chi connectivity index (χ3v) is 3.44. The van der Waals surface area contributed by atoms with E-state index in [2.05, 4.69) is 48.8 Å². The smallest absolute Gasteiger partial charge is 0.136 e. The molecule has 0 saturated carbocycles. The van der Waals surface area contributed by atoms with Crippen LogP contribution in [0.5, 0.6) is 5.75 Å². The first-order valence-electron chi connectivity index (χ1n) is 5.58. The van der Waals surface area contributed by atoms with Crippen molar-refractivity contribution >= 4 is 15.9 Å². The van der Waals surface area contributed by atoms with E-state index in [9.17, 15) is 0 Å². The van der Waals surface area contributed by atoms with Crippen LogP contribution in [0.25, 0.3) is 0 Å². The van der Waals surface area contributed by atoms with E-state index in [1.54, 1.807) is 7.11 Å². The lowest BCUT2D eigenvalue weighted by molar-refractivity contribution is 0.403. The highest BCUT2D eigenvalue weighted by atomic mass is 79.9. The number of ether oxygens (including phenoxy) is 1. The summed E-state index contributed by atoms with van der Waals surface area (Å²) in [7, 11) is 1.70. The van der Waals surface area contributed by atoms with Gasteiger partial charge in [-0.2, -0.15) is 0 Å². The van der Waals surface area contributed by atoms with Gasteiger partial charge in [0.1, 0.15) is 5.75 Å². The summed E-state index contributed by atoms with van der Waals surface area (Å²) in [6, 6.07) is 4.32. The Hall–Kier alpha value is -0.540. The third kappa shape index (κ3) is 2.77. The van der Waals surface area contributed by atoms with Crippen molar-refractivity contribution in [2.45, 2.75) is 32.6 Å². The molecule has 2 nitrogen and oxygen atoms in total. The molecule has 3 heteroatoms. The van der Waals surface area contributed by atoms with Crippen LogP contribution in [0, 0.1) is 0 Å². The molecule has 0 spiro atoms. The summed E-state index contributed by atoms with van der Waals surface area (Å²) in [5.74, 6) is 1.72. The van der Waals surface area contributed by atoms with E-state index in [1.807, 2.05) is 0 Å². The van der Waals surface area contributed by atoms with Crippen molar-refractivity contribution in [1.82, 2.24) is 0 Å². The van der Waals surface area contributed by atoms with Crippen molar-refractivity contribution in [3.8, 4) is 5.75 Å². The van der Waals surface area contributed by atoms with Crippen LogP contribution in [0.1, 0.15) is 43.7 Å². The molecule has 1 aromatic carbocycles. The van der Waals surface area contributed by atoms with Gasteiger partial charge in [-0.15, -0.1) is 0 Å². The quantitative estimate of drug-likeness (QED) is 0.917. The van der Waals surface area contributed by atoms with Crippen molar-refractivity contribution in [2.75, 3.05) is 13.7 Å². The first kappa shape index (κ1) is 13.5. The summed E-state index contributed by atoms with van der Waals surface area (Å²) in [5, 5.41) is 0. The molecule has 1 atom stereocenters. The number of halogens is 1. The second-order valence-corrected chi connectivity index (χ2v) is 5.27. The standard InChI is InChI=1S/C13H20BrNO/c1-8(2)10-5-11(9(3)7-15)13(16-4)12(14)6-10/h5-6,8-9H,7,15H2,1-4H3. The van der Waals surface area contributed by atoms with Crippen molar-refractivity contribution in [3.05, 3.63) is 27.7 Å².